The molecule has 0 fully saturated rings. The maximum absolute atomic E-state index is 12.4. The molecule has 1 N–H and O–H groups in total. The molecule has 1 aromatic carbocycles. The number of hydrogen-bond acceptors (Lipinski definition) is 5. The van der Waals surface area contributed by atoms with E-state index in [1.54, 1.807) is 12.1 Å². The van der Waals surface area contributed by atoms with E-state index in [0.29, 0.717) is 22.9 Å². The van der Waals surface area contributed by atoms with Crippen molar-refractivity contribution in [3.05, 3.63) is 57.1 Å². The highest BCUT2D eigenvalue weighted by atomic mass is 35.5. The highest BCUT2D eigenvalue weighted by molar-refractivity contribution is 7.11. The first-order chi connectivity index (χ1) is 12.3. The van der Waals surface area contributed by atoms with E-state index >= 15 is 0 Å². The number of halogens is 1. The van der Waals surface area contributed by atoms with Gasteiger partial charge in [-0.2, -0.15) is 5.26 Å². The van der Waals surface area contributed by atoms with Gasteiger partial charge in [0, 0.05) is 28.8 Å². The van der Waals surface area contributed by atoms with Crippen molar-refractivity contribution in [3.63, 3.8) is 0 Å². The summed E-state index contributed by atoms with van der Waals surface area (Å²) in [5.41, 5.74) is 1.84. The van der Waals surface area contributed by atoms with Gasteiger partial charge < -0.3 is 5.11 Å². The molecule has 0 saturated carbocycles. The largest absolute Gasteiger partial charge is 0.512 e. The third kappa shape index (κ3) is 3.87. The Labute approximate surface area is 161 Å². The van der Waals surface area contributed by atoms with Gasteiger partial charge in [-0.15, -0.1) is 11.3 Å². The van der Waals surface area contributed by atoms with Gasteiger partial charge in [0.15, 0.2) is 5.78 Å². The number of Topliss-reactive ketones (excluding diaryl/α,β-unsaturated/α-hetero) is 1. The summed E-state index contributed by atoms with van der Waals surface area (Å²) >= 11 is 7.22. The smallest absolute Gasteiger partial charge is 0.166 e. The van der Waals surface area contributed by atoms with Crippen LogP contribution in [0.15, 0.2) is 47.1 Å². The lowest BCUT2D eigenvalue weighted by molar-refractivity contribution is -0.118. The van der Waals surface area contributed by atoms with Gasteiger partial charge in [0.25, 0.3) is 0 Å². The number of ketones is 1. The molecule has 1 aromatic heterocycles. The van der Waals surface area contributed by atoms with Crippen molar-refractivity contribution < 1.29 is 9.90 Å². The van der Waals surface area contributed by atoms with Gasteiger partial charge in [0.2, 0.25) is 0 Å². The van der Waals surface area contributed by atoms with Crippen molar-refractivity contribution in [2.24, 2.45) is 5.41 Å². The van der Waals surface area contributed by atoms with E-state index < -0.39 is 0 Å². The summed E-state index contributed by atoms with van der Waals surface area (Å²) in [6.45, 7) is 3.87. The van der Waals surface area contributed by atoms with Gasteiger partial charge in [-0.25, -0.2) is 4.98 Å². The molecule has 0 saturated heterocycles. The summed E-state index contributed by atoms with van der Waals surface area (Å²) in [7, 11) is 0. The number of aliphatic hydroxyl groups is 1. The topological polar surface area (TPSA) is 74.0 Å². The van der Waals surface area contributed by atoms with Crippen molar-refractivity contribution in [1.82, 2.24) is 4.98 Å². The van der Waals surface area contributed by atoms with E-state index in [9.17, 15) is 15.2 Å². The first-order valence-corrected chi connectivity index (χ1v) is 9.34. The van der Waals surface area contributed by atoms with Crippen LogP contribution in [0.2, 0.25) is 5.02 Å². The first-order valence-electron chi connectivity index (χ1n) is 8.08. The zero-order chi connectivity index (χ0) is 18.9. The third-order valence-electron chi connectivity index (χ3n) is 4.18. The average Bonchev–Trinajstić information content (AvgIpc) is 3.04. The molecular formula is C20H17ClN2O2S. The number of thiazole rings is 1. The first kappa shape index (κ1) is 18.4. The van der Waals surface area contributed by atoms with Crippen LogP contribution in [0.25, 0.3) is 16.8 Å². The summed E-state index contributed by atoms with van der Waals surface area (Å²) in [5, 5.41) is 22.8. The SMILES string of the molecule is CC1(C)CC(=O)C(/C=C(\C#N)c2nc(-c3ccc(Cl)cc3)cs2)=C(O)C1. The van der Waals surface area contributed by atoms with Crippen molar-refractivity contribution in [2.75, 3.05) is 0 Å². The Morgan fingerprint density at radius 3 is 2.65 bits per heavy atom. The summed E-state index contributed by atoms with van der Waals surface area (Å²) in [4.78, 5) is 16.9. The number of rotatable bonds is 3. The molecule has 4 nitrogen and oxygen atoms in total. The number of nitriles is 1. The van der Waals surface area contributed by atoms with Gasteiger partial charge in [-0.1, -0.05) is 37.6 Å². The molecule has 2 aromatic rings. The molecule has 0 amide bonds. The van der Waals surface area contributed by atoms with Crippen LogP contribution in [0.1, 0.15) is 31.7 Å². The summed E-state index contributed by atoms with van der Waals surface area (Å²) in [5.74, 6) is -0.116. The maximum atomic E-state index is 12.4. The number of carbonyl (C=O) groups is 1. The second-order valence-electron chi connectivity index (χ2n) is 7.02. The van der Waals surface area contributed by atoms with Crippen LogP contribution in [-0.2, 0) is 4.79 Å². The van der Waals surface area contributed by atoms with E-state index in [2.05, 4.69) is 11.1 Å². The molecule has 0 bridgehead atoms. The number of aromatic nitrogens is 1. The monoisotopic (exact) mass is 384 g/mol. The highest BCUT2D eigenvalue weighted by Gasteiger charge is 2.32. The number of hydrogen-bond donors (Lipinski definition) is 1. The fourth-order valence-electron chi connectivity index (χ4n) is 2.90. The van der Waals surface area contributed by atoms with Crippen molar-refractivity contribution >= 4 is 34.3 Å². The molecule has 6 heteroatoms. The predicted molar refractivity (Wildman–Crippen MR) is 104 cm³/mol. The molecule has 26 heavy (non-hydrogen) atoms. The molecule has 0 spiro atoms. The number of benzene rings is 1. The van der Waals surface area contributed by atoms with Crippen molar-refractivity contribution in [3.8, 4) is 17.3 Å². The minimum Gasteiger partial charge on any atom is -0.512 e. The lowest BCUT2D eigenvalue weighted by Crippen LogP contribution is -2.25. The fraction of sp³-hybridized carbons (Fsp3) is 0.250. The third-order valence-corrected chi connectivity index (χ3v) is 5.31. The average molecular weight is 385 g/mol. The Bertz CT molecular complexity index is 962. The number of nitrogens with zero attached hydrogens (tertiary/aromatic N) is 2. The maximum Gasteiger partial charge on any atom is 0.166 e. The molecule has 0 atom stereocenters. The van der Waals surface area contributed by atoms with Crippen molar-refractivity contribution in [1.29, 1.82) is 5.26 Å². The van der Waals surface area contributed by atoms with E-state index in [4.69, 9.17) is 11.6 Å². The summed E-state index contributed by atoms with van der Waals surface area (Å²) in [6.07, 6.45) is 2.21. The lowest BCUT2D eigenvalue weighted by atomic mass is 9.76. The zero-order valence-electron chi connectivity index (χ0n) is 14.4. The second-order valence-corrected chi connectivity index (χ2v) is 8.31. The van der Waals surface area contributed by atoms with E-state index in [1.807, 2.05) is 31.4 Å². The van der Waals surface area contributed by atoms with Crippen LogP contribution in [0.3, 0.4) is 0 Å². The number of aliphatic hydroxyl groups excluding tert-OH is 1. The van der Waals surface area contributed by atoms with Crippen LogP contribution in [-0.4, -0.2) is 15.9 Å². The van der Waals surface area contributed by atoms with E-state index in [0.717, 1.165) is 11.3 Å². The Kier molecular flexibility index (Phi) is 4.99. The van der Waals surface area contributed by atoms with Crippen LogP contribution in [0.5, 0.6) is 0 Å². The summed E-state index contributed by atoms with van der Waals surface area (Å²) in [6, 6.07) is 9.37. The van der Waals surface area contributed by atoms with Gasteiger partial charge in [-0.05, 0) is 23.6 Å². The standard InChI is InChI=1S/C20H17ClN2O2S/c1-20(2)8-17(24)15(18(25)9-20)7-13(10-22)19-23-16(11-26-19)12-3-5-14(21)6-4-12/h3-7,11,24H,8-9H2,1-2H3/b13-7+. The van der Waals surface area contributed by atoms with Crippen LogP contribution in [0.4, 0.5) is 0 Å². The molecule has 132 valence electrons. The minimum absolute atomic E-state index is 0.0356. The van der Waals surface area contributed by atoms with Gasteiger partial charge >= 0.3 is 0 Å². The molecule has 1 aliphatic carbocycles. The van der Waals surface area contributed by atoms with Crippen LogP contribution in [0, 0.1) is 16.7 Å². The number of carbonyl (C=O) groups excluding carboxylic acids is 1. The Morgan fingerprint density at radius 2 is 2.04 bits per heavy atom. The zero-order valence-corrected chi connectivity index (χ0v) is 16.0. The van der Waals surface area contributed by atoms with Crippen LogP contribution < -0.4 is 0 Å². The second kappa shape index (κ2) is 7.06. The molecule has 0 aliphatic heterocycles. The Balaban J connectivity index is 1.95. The van der Waals surface area contributed by atoms with Gasteiger partial charge in [-0.3, -0.25) is 4.79 Å². The Hall–Kier alpha value is -2.42. The molecule has 0 unspecified atom stereocenters. The van der Waals surface area contributed by atoms with Crippen molar-refractivity contribution in [2.45, 2.75) is 26.7 Å². The molecule has 1 aliphatic rings. The molecule has 0 radical (unpaired) electrons. The lowest BCUT2D eigenvalue weighted by Gasteiger charge is -2.28. The highest BCUT2D eigenvalue weighted by Crippen LogP contribution is 2.37. The quantitative estimate of drug-likeness (QED) is 0.702. The molecule has 3 rings (SSSR count). The molecular weight excluding hydrogens is 368 g/mol. The van der Waals surface area contributed by atoms with Gasteiger partial charge in [0.05, 0.1) is 16.8 Å². The molecule has 1 heterocycles. The Morgan fingerprint density at radius 1 is 1.35 bits per heavy atom. The number of allylic oxidation sites excluding steroid dienone is 4. The minimum atomic E-state index is -0.270. The van der Waals surface area contributed by atoms with E-state index in [1.165, 1.54) is 17.4 Å². The van der Waals surface area contributed by atoms with Crippen LogP contribution >= 0.6 is 22.9 Å². The summed E-state index contributed by atoms with van der Waals surface area (Å²) < 4.78 is 0. The normalized spacial score (nSPS) is 17.3. The van der Waals surface area contributed by atoms with E-state index in [-0.39, 0.29) is 28.1 Å². The fourth-order valence-corrected chi connectivity index (χ4v) is 3.82. The van der Waals surface area contributed by atoms with Gasteiger partial charge in [0.1, 0.15) is 16.8 Å². The predicted octanol–water partition coefficient (Wildman–Crippen LogP) is 5.57.